The van der Waals surface area contributed by atoms with Gasteiger partial charge >= 0.3 is 12.1 Å². The van der Waals surface area contributed by atoms with E-state index >= 15 is 0 Å². The van der Waals surface area contributed by atoms with Crippen LogP contribution in [0.25, 0.3) is 6.08 Å². The number of ether oxygens (including phenoxy) is 1. The molecule has 0 radical (unpaired) electrons. The van der Waals surface area contributed by atoms with Crippen LogP contribution in [-0.4, -0.2) is 63.9 Å². The number of carboxylic acids is 1. The molecule has 2 fully saturated rings. The summed E-state index contributed by atoms with van der Waals surface area (Å²) >= 11 is 0. The van der Waals surface area contributed by atoms with Crippen LogP contribution in [0.4, 0.5) is 4.79 Å². The molecule has 3 unspecified atom stereocenters. The van der Waals surface area contributed by atoms with E-state index in [0.717, 1.165) is 11.1 Å². The number of hydrogen-bond donors (Lipinski definition) is 1. The van der Waals surface area contributed by atoms with Gasteiger partial charge in [-0.15, -0.1) is 0 Å². The van der Waals surface area contributed by atoms with Gasteiger partial charge in [0, 0.05) is 0 Å². The predicted molar refractivity (Wildman–Crippen MR) is 114 cm³/mol. The fourth-order valence-electron chi connectivity index (χ4n) is 4.22. The lowest BCUT2D eigenvalue weighted by Gasteiger charge is -2.51. The number of carbonyl (C=O) groups excluding carboxylic acids is 3. The average molecular weight is 434 g/mol. The summed E-state index contributed by atoms with van der Waals surface area (Å²) in [4.78, 5) is 51.3. The highest BCUT2D eigenvalue weighted by atomic mass is 16.6. The number of cyclic esters (lactones) is 1. The summed E-state index contributed by atoms with van der Waals surface area (Å²) in [6.07, 6.45) is 2.86. The highest BCUT2D eigenvalue weighted by Crippen LogP contribution is 2.38. The monoisotopic (exact) mass is 434 g/mol. The Morgan fingerprint density at radius 2 is 1.75 bits per heavy atom. The van der Waals surface area contributed by atoms with Crippen molar-refractivity contribution in [2.75, 3.05) is 6.61 Å². The van der Waals surface area contributed by atoms with Crippen molar-refractivity contribution in [2.45, 2.75) is 30.6 Å². The third-order valence-electron chi connectivity index (χ3n) is 5.73. The predicted octanol–water partition coefficient (Wildman–Crippen LogP) is 2.51. The molecule has 8 nitrogen and oxygen atoms in total. The number of β-lactam (4-membered cyclic amide) rings is 1. The molecule has 2 aliphatic rings. The van der Waals surface area contributed by atoms with Crippen molar-refractivity contribution in [1.29, 1.82) is 0 Å². The first-order valence-electron chi connectivity index (χ1n) is 10.2. The van der Waals surface area contributed by atoms with E-state index in [1.54, 1.807) is 12.2 Å². The van der Waals surface area contributed by atoms with Crippen molar-refractivity contribution in [3.63, 3.8) is 0 Å². The van der Waals surface area contributed by atoms with Crippen molar-refractivity contribution < 1.29 is 29.0 Å². The van der Waals surface area contributed by atoms with Gasteiger partial charge in [-0.3, -0.25) is 14.5 Å². The van der Waals surface area contributed by atoms with Crippen molar-refractivity contribution in [3.8, 4) is 0 Å². The third kappa shape index (κ3) is 3.99. The molecule has 4 rings (SSSR count). The smallest absolute Gasteiger partial charge is 0.411 e. The molecule has 2 aliphatic heterocycles. The Bertz CT molecular complexity index is 1040. The Kier molecular flexibility index (Phi) is 6.02. The highest BCUT2D eigenvalue weighted by molar-refractivity contribution is 5.96. The maximum atomic E-state index is 13.2. The zero-order valence-electron chi connectivity index (χ0n) is 17.1. The summed E-state index contributed by atoms with van der Waals surface area (Å²) in [5.74, 6) is -1.67. The summed E-state index contributed by atoms with van der Waals surface area (Å²) in [6.45, 7) is 0.105. The lowest BCUT2D eigenvalue weighted by Crippen LogP contribution is -2.73. The zero-order chi connectivity index (χ0) is 22.7. The van der Waals surface area contributed by atoms with Crippen LogP contribution in [0.3, 0.4) is 0 Å². The van der Waals surface area contributed by atoms with Crippen molar-refractivity contribution in [2.24, 2.45) is 0 Å². The lowest BCUT2D eigenvalue weighted by atomic mass is 9.88. The Labute approximate surface area is 184 Å². The minimum Gasteiger partial charge on any atom is -0.481 e. The van der Waals surface area contributed by atoms with Crippen LogP contribution in [0.2, 0.25) is 0 Å². The van der Waals surface area contributed by atoms with Crippen LogP contribution in [0.5, 0.6) is 0 Å². The number of carboxylic acid groups (broad SMARTS) is 1. The first-order valence-corrected chi connectivity index (χ1v) is 10.2. The van der Waals surface area contributed by atoms with Gasteiger partial charge < -0.3 is 19.5 Å². The minimum atomic E-state index is -1.19. The van der Waals surface area contributed by atoms with Crippen LogP contribution < -0.4 is 0 Å². The number of likely N-dealkylation sites (tertiary alicyclic amines) is 1. The molecule has 2 amide bonds. The second kappa shape index (κ2) is 9.05. The molecule has 0 aliphatic carbocycles. The molecule has 0 bridgehead atoms. The van der Waals surface area contributed by atoms with Gasteiger partial charge in [-0.2, -0.15) is 0 Å². The average Bonchev–Trinajstić information content (AvgIpc) is 3.17. The standard InChI is InChI=1S/C24H22N2O6/c27-14-18(13-21(28)29)25-19(12-11-16-7-3-1-4-8-16)22(23(25)30)26-20(15-32-24(26)31)17-9-5-2-6-10-17/h1-12,14,18-20,22H,13,15H2,(H,28,29)/b12-11+/t18-,19?,20?,22?/m1/s1. The number of rotatable bonds is 8. The van der Waals surface area contributed by atoms with Crippen LogP contribution in [0.15, 0.2) is 66.7 Å². The lowest BCUT2D eigenvalue weighted by molar-refractivity contribution is -0.162. The number of aliphatic carboxylic acids is 1. The van der Waals surface area contributed by atoms with E-state index in [4.69, 9.17) is 4.74 Å². The maximum absolute atomic E-state index is 13.2. The van der Waals surface area contributed by atoms with Gasteiger partial charge in [-0.25, -0.2) is 4.79 Å². The van der Waals surface area contributed by atoms with Crippen LogP contribution in [0, 0.1) is 0 Å². The summed E-state index contributed by atoms with van der Waals surface area (Å²) in [5, 5.41) is 9.17. The van der Waals surface area contributed by atoms with E-state index in [2.05, 4.69) is 0 Å². The van der Waals surface area contributed by atoms with E-state index in [1.807, 2.05) is 60.7 Å². The number of benzene rings is 2. The number of nitrogens with zero attached hydrogens (tertiary/aromatic N) is 2. The van der Waals surface area contributed by atoms with Gasteiger partial charge in [0.2, 0.25) is 5.91 Å². The molecule has 164 valence electrons. The normalized spacial score (nSPS) is 23.7. The number of amides is 2. The molecule has 2 aromatic carbocycles. The zero-order valence-corrected chi connectivity index (χ0v) is 17.1. The fourth-order valence-corrected chi connectivity index (χ4v) is 4.22. The molecule has 2 heterocycles. The van der Waals surface area contributed by atoms with Gasteiger partial charge in [0.1, 0.15) is 18.9 Å². The molecule has 4 atom stereocenters. The van der Waals surface area contributed by atoms with Gasteiger partial charge in [0.25, 0.3) is 0 Å². The molecule has 0 aromatic heterocycles. The van der Waals surface area contributed by atoms with Crippen LogP contribution in [0.1, 0.15) is 23.6 Å². The highest BCUT2D eigenvalue weighted by Gasteiger charge is 2.57. The number of carbonyl (C=O) groups is 4. The second-order valence-electron chi connectivity index (χ2n) is 7.66. The Hall–Kier alpha value is -3.94. The quantitative estimate of drug-likeness (QED) is 0.506. The molecule has 2 aromatic rings. The van der Waals surface area contributed by atoms with Gasteiger partial charge in [-0.05, 0) is 11.1 Å². The first kappa shape index (κ1) is 21.3. The van der Waals surface area contributed by atoms with Crippen molar-refractivity contribution in [3.05, 3.63) is 77.9 Å². The Morgan fingerprint density at radius 3 is 2.38 bits per heavy atom. The Balaban J connectivity index is 1.68. The molecule has 1 N–H and O–H groups in total. The topological polar surface area (TPSA) is 104 Å². The van der Waals surface area contributed by atoms with Gasteiger partial charge in [-0.1, -0.05) is 72.8 Å². The molecule has 8 heteroatoms. The summed E-state index contributed by atoms with van der Waals surface area (Å²) in [6, 6.07) is 15.4. The maximum Gasteiger partial charge on any atom is 0.411 e. The largest absolute Gasteiger partial charge is 0.481 e. The summed E-state index contributed by atoms with van der Waals surface area (Å²) in [7, 11) is 0. The third-order valence-corrected chi connectivity index (χ3v) is 5.73. The minimum absolute atomic E-state index is 0.105. The van der Waals surface area contributed by atoms with Crippen LogP contribution in [-0.2, 0) is 19.1 Å². The van der Waals surface area contributed by atoms with Crippen molar-refractivity contribution >= 4 is 30.3 Å². The van der Waals surface area contributed by atoms with E-state index in [0.29, 0.717) is 6.29 Å². The SMILES string of the molecule is O=C[C@@H](CC(=O)O)N1C(=O)C(N2C(=O)OCC2c2ccccc2)C1/C=C/c1ccccc1. The summed E-state index contributed by atoms with van der Waals surface area (Å²) < 4.78 is 5.26. The molecular weight excluding hydrogens is 412 g/mol. The van der Waals surface area contributed by atoms with Gasteiger partial charge in [0.05, 0.1) is 24.5 Å². The first-order chi connectivity index (χ1) is 15.5. The number of aldehydes is 1. The molecule has 32 heavy (non-hydrogen) atoms. The van der Waals surface area contributed by atoms with Crippen LogP contribution >= 0.6 is 0 Å². The van der Waals surface area contributed by atoms with Gasteiger partial charge in [0.15, 0.2) is 0 Å². The molecular formula is C24H22N2O6. The van der Waals surface area contributed by atoms with E-state index in [9.17, 15) is 24.3 Å². The Morgan fingerprint density at radius 1 is 1.09 bits per heavy atom. The van der Waals surface area contributed by atoms with Crippen molar-refractivity contribution in [1.82, 2.24) is 9.80 Å². The fraction of sp³-hybridized carbons (Fsp3) is 0.250. The summed E-state index contributed by atoms with van der Waals surface area (Å²) in [5.41, 5.74) is 1.70. The second-order valence-corrected chi connectivity index (χ2v) is 7.66. The molecule has 2 saturated heterocycles. The van der Waals surface area contributed by atoms with E-state index in [-0.39, 0.29) is 6.61 Å². The van der Waals surface area contributed by atoms with E-state index in [1.165, 1.54) is 9.80 Å². The molecule has 0 saturated carbocycles. The number of hydrogen-bond acceptors (Lipinski definition) is 5. The van der Waals surface area contributed by atoms with E-state index < -0.39 is 48.6 Å². The molecule has 0 spiro atoms.